The fourth-order valence-electron chi connectivity index (χ4n) is 1.30. The van der Waals surface area contributed by atoms with Crippen LogP contribution in [0.25, 0.3) is 0 Å². The summed E-state index contributed by atoms with van der Waals surface area (Å²) in [6.07, 6.45) is 0.954. The normalized spacial score (nSPS) is 9.95. The lowest BCUT2D eigenvalue weighted by Crippen LogP contribution is -2.18. The third-order valence-electron chi connectivity index (χ3n) is 2.09. The van der Waals surface area contributed by atoms with Crippen molar-refractivity contribution in [3.63, 3.8) is 0 Å². The third-order valence-corrected chi connectivity index (χ3v) is 3.04. The molecule has 0 unspecified atom stereocenters. The summed E-state index contributed by atoms with van der Waals surface area (Å²) in [6, 6.07) is 7.17. The minimum atomic E-state index is -0.421. The van der Waals surface area contributed by atoms with Gasteiger partial charge in [0.2, 0.25) is 11.8 Å². The van der Waals surface area contributed by atoms with Gasteiger partial charge < -0.3 is 15.8 Å². The lowest BCUT2D eigenvalue weighted by Gasteiger charge is -2.07. The summed E-state index contributed by atoms with van der Waals surface area (Å²) in [7, 11) is 0. The molecule has 0 heterocycles. The van der Waals surface area contributed by atoms with E-state index in [2.05, 4.69) is 5.32 Å². The maximum Gasteiger partial charge on any atom is 0.234 e. The van der Waals surface area contributed by atoms with Gasteiger partial charge >= 0.3 is 0 Å². The molecule has 0 aromatic heterocycles. The molecule has 0 aliphatic heterocycles. The van der Waals surface area contributed by atoms with Crippen LogP contribution in [0.4, 0.5) is 5.69 Å². The zero-order chi connectivity index (χ0) is 14.1. The molecule has 104 valence electrons. The maximum atomic E-state index is 11.5. The van der Waals surface area contributed by atoms with Crippen LogP contribution in [0.2, 0.25) is 0 Å². The number of ether oxygens (including phenoxy) is 1. The van der Waals surface area contributed by atoms with Gasteiger partial charge in [-0.2, -0.15) is 0 Å². The molecule has 0 saturated heterocycles. The van der Waals surface area contributed by atoms with Gasteiger partial charge in [0.05, 0.1) is 18.1 Å². The Morgan fingerprint density at radius 3 is 2.53 bits per heavy atom. The minimum Gasteiger partial charge on any atom is -0.494 e. The predicted octanol–water partition coefficient (Wildman–Crippen LogP) is 1.63. The molecule has 19 heavy (non-hydrogen) atoms. The van der Waals surface area contributed by atoms with E-state index in [1.807, 2.05) is 19.1 Å². The molecule has 0 radical (unpaired) electrons. The van der Waals surface area contributed by atoms with E-state index in [0.29, 0.717) is 12.3 Å². The fourth-order valence-corrected chi connectivity index (χ4v) is 1.86. The van der Waals surface area contributed by atoms with Crippen LogP contribution >= 0.6 is 11.8 Å². The standard InChI is InChI=1S/C13H18N2O3S/c1-2-7-18-11-5-3-10(4-6-11)15-13(17)9-19-8-12(14)16/h3-6H,2,7-9H2,1H3,(H2,14,16)(H,15,17). The van der Waals surface area contributed by atoms with Crippen LogP contribution in [0, 0.1) is 0 Å². The van der Waals surface area contributed by atoms with Crippen LogP contribution in [0.15, 0.2) is 24.3 Å². The van der Waals surface area contributed by atoms with Gasteiger partial charge in [-0.05, 0) is 30.7 Å². The molecule has 0 atom stereocenters. The number of carbonyl (C=O) groups is 2. The van der Waals surface area contributed by atoms with E-state index in [1.54, 1.807) is 12.1 Å². The molecule has 0 saturated carbocycles. The number of carbonyl (C=O) groups excluding carboxylic acids is 2. The van der Waals surface area contributed by atoms with Crippen molar-refractivity contribution in [2.75, 3.05) is 23.4 Å². The molecule has 0 bridgehead atoms. The van der Waals surface area contributed by atoms with Gasteiger partial charge in [0.1, 0.15) is 5.75 Å². The first-order valence-corrected chi connectivity index (χ1v) is 7.16. The number of hydrogen-bond acceptors (Lipinski definition) is 4. The Kier molecular flexibility index (Phi) is 6.81. The van der Waals surface area contributed by atoms with Gasteiger partial charge in [-0.3, -0.25) is 9.59 Å². The highest BCUT2D eigenvalue weighted by molar-refractivity contribution is 8.00. The summed E-state index contributed by atoms with van der Waals surface area (Å²) in [5, 5.41) is 2.73. The molecule has 1 aromatic carbocycles. The zero-order valence-corrected chi connectivity index (χ0v) is 11.7. The molecule has 0 spiro atoms. The van der Waals surface area contributed by atoms with E-state index >= 15 is 0 Å². The molecule has 3 N–H and O–H groups in total. The quantitative estimate of drug-likeness (QED) is 0.759. The lowest BCUT2D eigenvalue weighted by atomic mass is 10.3. The average Bonchev–Trinajstić information content (AvgIpc) is 2.37. The number of primary amides is 1. The van der Waals surface area contributed by atoms with Crippen LogP contribution in [-0.4, -0.2) is 29.9 Å². The third kappa shape index (κ3) is 6.71. The number of nitrogens with one attached hydrogen (secondary N) is 1. The largest absolute Gasteiger partial charge is 0.494 e. The van der Waals surface area contributed by atoms with Gasteiger partial charge in [0.25, 0.3) is 0 Å². The summed E-state index contributed by atoms with van der Waals surface area (Å²) >= 11 is 1.19. The average molecular weight is 282 g/mol. The molecule has 1 aromatic rings. The van der Waals surface area contributed by atoms with E-state index in [4.69, 9.17) is 10.5 Å². The number of rotatable bonds is 8. The summed E-state index contributed by atoms with van der Waals surface area (Å²) in [5.74, 6) is 0.556. The Labute approximate surface area is 116 Å². The SMILES string of the molecule is CCCOc1ccc(NC(=O)CSCC(N)=O)cc1. The van der Waals surface area contributed by atoms with E-state index in [9.17, 15) is 9.59 Å². The highest BCUT2D eigenvalue weighted by atomic mass is 32.2. The highest BCUT2D eigenvalue weighted by Crippen LogP contribution is 2.16. The van der Waals surface area contributed by atoms with Crippen molar-refractivity contribution >= 4 is 29.3 Å². The summed E-state index contributed by atoms with van der Waals surface area (Å²) in [5.41, 5.74) is 5.68. The maximum absolute atomic E-state index is 11.5. The number of anilines is 1. The van der Waals surface area contributed by atoms with Gasteiger partial charge in [-0.15, -0.1) is 11.8 Å². The van der Waals surface area contributed by atoms with E-state index < -0.39 is 5.91 Å². The van der Waals surface area contributed by atoms with Crippen molar-refractivity contribution in [2.24, 2.45) is 5.73 Å². The van der Waals surface area contributed by atoms with Gasteiger partial charge in [0, 0.05) is 5.69 Å². The highest BCUT2D eigenvalue weighted by Gasteiger charge is 2.04. The predicted molar refractivity (Wildman–Crippen MR) is 77.4 cm³/mol. The van der Waals surface area contributed by atoms with Crippen molar-refractivity contribution in [1.82, 2.24) is 0 Å². The summed E-state index contributed by atoms with van der Waals surface area (Å²) in [4.78, 5) is 22.1. The summed E-state index contributed by atoms with van der Waals surface area (Å²) in [6.45, 7) is 2.72. The first-order chi connectivity index (χ1) is 9.11. The Bertz CT molecular complexity index is 420. The molecule has 1 rings (SSSR count). The Balaban J connectivity index is 2.35. The van der Waals surface area contributed by atoms with Crippen LogP contribution < -0.4 is 15.8 Å². The Morgan fingerprint density at radius 2 is 1.95 bits per heavy atom. The molecule has 2 amide bonds. The number of benzene rings is 1. The van der Waals surface area contributed by atoms with E-state index in [-0.39, 0.29) is 17.4 Å². The van der Waals surface area contributed by atoms with Crippen molar-refractivity contribution in [1.29, 1.82) is 0 Å². The second-order valence-corrected chi connectivity index (χ2v) is 4.87. The van der Waals surface area contributed by atoms with Gasteiger partial charge in [0.15, 0.2) is 0 Å². The Morgan fingerprint density at radius 1 is 1.26 bits per heavy atom. The second-order valence-electron chi connectivity index (χ2n) is 3.88. The number of thioether (sulfide) groups is 1. The van der Waals surface area contributed by atoms with Crippen molar-refractivity contribution < 1.29 is 14.3 Å². The van der Waals surface area contributed by atoms with Crippen molar-refractivity contribution in [3.8, 4) is 5.75 Å². The smallest absolute Gasteiger partial charge is 0.234 e. The van der Waals surface area contributed by atoms with Crippen LogP contribution in [0.1, 0.15) is 13.3 Å². The van der Waals surface area contributed by atoms with Gasteiger partial charge in [-0.25, -0.2) is 0 Å². The van der Waals surface area contributed by atoms with Crippen molar-refractivity contribution in [3.05, 3.63) is 24.3 Å². The van der Waals surface area contributed by atoms with Crippen LogP contribution in [-0.2, 0) is 9.59 Å². The van der Waals surface area contributed by atoms with Crippen molar-refractivity contribution in [2.45, 2.75) is 13.3 Å². The lowest BCUT2D eigenvalue weighted by molar-refractivity contribution is -0.115. The molecule has 5 nitrogen and oxygen atoms in total. The van der Waals surface area contributed by atoms with Crippen LogP contribution in [0.5, 0.6) is 5.75 Å². The topological polar surface area (TPSA) is 81.4 Å². The molecule has 0 aliphatic rings. The second kappa shape index (κ2) is 8.42. The molecular formula is C13H18N2O3S. The molecule has 0 aliphatic carbocycles. The molecular weight excluding hydrogens is 264 g/mol. The first kappa shape index (κ1) is 15.4. The first-order valence-electron chi connectivity index (χ1n) is 6.00. The minimum absolute atomic E-state index is 0.150. The fraction of sp³-hybridized carbons (Fsp3) is 0.385. The van der Waals surface area contributed by atoms with E-state index in [0.717, 1.165) is 12.2 Å². The van der Waals surface area contributed by atoms with Gasteiger partial charge in [-0.1, -0.05) is 6.92 Å². The number of hydrogen-bond donors (Lipinski definition) is 2. The number of amides is 2. The van der Waals surface area contributed by atoms with E-state index in [1.165, 1.54) is 11.8 Å². The Hall–Kier alpha value is -1.69. The molecule has 0 fully saturated rings. The summed E-state index contributed by atoms with van der Waals surface area (Å²) < 4.78 is 5.44. The number of nitrogens with two attached hydrogens (primary N) is 1. The molecule has 6 heteroatoms. The monoisotopic (exact) mass is 282 g/mol. The zero-order valence-electron chi connectivity index (χ0n) is 10.8. The van der Waals surface area contributed by atoms with Crippen LogP contribution in [0.3, 0.4) is 0 Å².